The summed E-state index contributed by atoms with van der Waals surface area (Å²) in [6, 6.07) is 8.99. The minimum Gasteiger partial charge on any atom is -0.376 e. The molecule has 1 amide bonds. The number of likely N-dealkylation sites (tertiary alicyclic amines) is 1. The Morgan fingerprint density at radius 3 is 2.61 bits per heavy atom. The smallest absolute Gasteiger partial charge is 0.243 e. The van der Waals surface area contributed by atoms with Gasteiger partial charge in [0.05, 0.1) is 6.10 Å². The van der Waals surface area contributed by atoms with E-state index in [1.54, 1.807) is 19.0 Å². The average Bonchev–Trinajstić information content (AvgIpc) is 3.26. The molecule has 0 spiro atoms. The van der Waals surface area contributed by atoms with E-state index in [-0.39, 0.29) is 42.5 Å². The zero-order valence-electron chi connectivity index (χ0n) is 19.1. The van der Waals surface area contributed by atoms with E-state index in [0.717, 1.165) is 64.4 Å². The highest BCUT2D eigenvalue weighted by atomic mass is 127. The molecule has 1 atom stereocenters. The zero-order chi connectivity index (χ0) is 21.3. The van der Waals surface area contributed by atoms with Crippen LogP contribution in [0.15, 0.2) is 29.3 Å². The number of benzene rings is 1. The first-order valence-electron chi connectivity index (χ1n) is 11.1. The number of halogens is 1. The van der Waals surface area contributed by atoms with Crippen LogP contribution in [0.4, 0.5) is 0 Å². The van der Waals surface area contributed by atoms with Gasteiger partial charge in [-0.3, -0.25) is 9.69 Å². The fraction of sp³-hybridized carbons (Fsp3) is 0.652. The van der Waals surface area contributed by atoms with E-state index < -0.39 is 0 Å². The molecule has 1 aromatic rings. The zero-order valence-corrected chi connectivity index (χ0v) is 21.4. The van der Waals surface area contributed by atoms with Crippen molar-refractivity contribution >= 4 is 35.8 Å². The van der Waals surface area contributed by atoms with E-state index in [1.807, 2.05) is 0 Å². The van der Waals surface area contributed by atoms with Crippen LogP contribution in [0.3, 0.4) is 0 Å². The first-order chi connectivity index (χ1) is 14.5. The van der Waals surface area contributed by atoms with Crippen LogP contribution in [0.25, 0.3) is 0 Å². The molecule has 3 rings (SSSR count). The second kappa shape index (κ2) is 13.2. The highest BCUT2D eigenvalue weighted by Crippen LogP contribution is 2.16. The van der Waals surface area contributed by atoms with Gasteiger partial charge in [0.2, 0.25) is 5.91 Å². The number of rotatable bonds is 7. The van der Waals surface area contributed by atoms with Crippen LogP contribution in [0, 0.1) is 6.92 Å². The van der Waals surface area contributed by atoms with Crippen LogP contribution in [0.5, 0.6) is 0 Å². The summed E-state index contributed by atoms with van der Waals surface area (Å²) in [7, 11) is 3.52. The molecule has 0 saturated carbocycles. The number of aliphatic imine (C=N–C) groups is 1. The molecule has 31 heavy (non-hydrogen) atoms. The lowest BCUT2D eigenvalue weighted by atomic mass is 10.0. The molecule has 2 saturated heterocycles. The third kappa shape index (κ3) is 8.57. The maximum atomic E-state index is 12.0. The Labute approximate surface area is 204 Å². The van der Waals surface area contributed by atoms with E-state index in [0.29, 0.717) is 6.04 Å². The molecule has 2 aliphatic heterocycles. The van der Waals surface area contributed by atoms with Crippen molar-refractivity contribution in [2.45, 2.75) is 51.3 Å². The fourth-order valence-electron chi connectivity index (χ4n) is 3.91. The Hall–Kier alpha value is -1.39. The quantitative estimate of drug-likeness (QED) is 0.314. The van der Waals surface area contributed by atoms with E-state index >= 15 is 0 Å². The van der Waals surface area contributed by atoms with Gasteiger partial charge in [0, 0.05) is 52.9 Å². The number of amides is 1. The predicted octanol–water partition coefficient (Wildman–Crippen LogP) is 2.38. The summed E-state index contributed by atoms with van der Waals surface area (Å²) in [4.78, 5) is 20.6. The molecule has 0 aliphatic carbocycles. The monoisotopic (exact) mass is 543 g/mol. The van der Waals surface area contributed by atoms with Gasteiger partial charge >= 0.3 is 0 Å². The summed E-state index contributed by atoms with van der Waals surface area (Å²) in [5.74, 6) is 0.722. The van der Waals surface area contributed by atoms with Crippen LogP contribution < -0.4 is 10.6 Å². The van der Waals surface area contributed by atoms with Crippen LogP contribution >= 0.6 is 24.0 Å². The van der Waals surface area contributed by atoms with E-state index in [1.165, 1.54) is 11.1 Å². The molecule has 0 aromatic heterocycles. The Kier molecular flexibility index (Phi) is 11.0. The third-order valence-corrected chi connectivity index (χ3v) is 5.98. The Bertz CT molecular complexity index is 714. The summed E-state index contributed by atoms with van der Waals surface area (Å²) in [6.07, 6.45) is 4.55. The Morgan fingerprint density at radius 1 is 1.23 bits per heavy atom. The number of aryl methyl sites for hydroxylation is 1. The van der Waals surface area contributed by atoms with Gasteiger partial charge in [-0.25, -0.2) is 4.99 Å². The molecule has 174 valence electrons. The second-order valence-electron chi connectivity index (χ2n) is 8.59. The topological polar surface area (TPSA) is 69.2 Å². The van der Waals surface area contributed by atoms with Crippen molar-refractivity contribution in [2.75, 3.05) is 46.9 Å². The van der Waals surface area contributed by atoms with Crippen molar-refractivity contribution < 1.29 is 9.53 Å². The van der Waals surface area contributed by atoms with Gasteiger partial charge in [-0.1, -0.05) is 24.3 Å². The summed E-state index contributed by atoms with van der Waals surface area (Å²) in [5.41, 5.74) is 2.77. The van der Waals surface area contributed by atoms with Crippen molar-refractivity contribution in [1.82, 2.24) is 20.4 Å². The molecule has 1 aromatic carbocycles. The minimum atomic E-state index is 0. The molecule has 8 heteroatoms. The predicted molar refractivity (Wildman–Crippen MR) is 136 cm³/mol. The summed E-state index contributed by atoms with van der Waals surface area (Å²) in [6.45, 7) is 7.03. The van der Waals surface area contributed by atoms with Gasteiger partial charge in [0.25, 0.3) is 0 Å². The highest BCUT2D eigenvalue weighted by Gasteiger charge is 2.22. The van der Waals surface area contributed by atoms with Gasteiger partial charge in [0.1, 0.15) is 6.54 Å². The fourth-order valence-corrected chi connectivity index (χ4v) is 3.91. The van der Waals surface area contributed by atoms with Crippen molar-refractivity contribution in [3.63, 3.8) is 0 Å². The number of nitrogens with one attached hydrogen (secondary N) is 2. The molecule has 7 nitrogen and oxygen atoms in total. The van der Waals surface area contributed by atoms with Crippen LogP contribution in [-0.4, -0.2) is 80.7 Å². The van der Waals surface area contributed by atoms with Crippen molar-refractivity contribution in [3.05, 3.63) is 35.4 Å². The van der Waals surface area contributed by atoms with Crippen LogP contribution in [0.2, 0.25) is 0 Å². The largest absolute Gasteiger partial charge is 0.376 e. The number of hydrogen-bond donors (Lipinski definition) is 2. The SMILES string of the molecule is Cc1ccccc1CN1CCC(NC(=NCC(=O)N(C)C)NCC2CCCO2)CC1.I. The molecular formula is C23H38IN5O2. The summed E-state index contributed by atoms with van der Waals surface area (Å²) in [5, 5.41) is 6.95. The number of likely N-dealkylation sites (N-methyl/N-ethyl adjacent to an activating group) is 1. The Balaban J connectivity index is 0.00000341. The van der Waals surface area contributed by atoms with Gasteiger partial charge < -0.3 is 20.3 Å². The molecule has 1 unspecified atom stereocenters. The first-order valence-corrected chi connectivity index (χ1v) is 11.1. The van der Waals surface area contributed by atoms with E-state index in [9.17, 15) is 4.79 Å². The van der Waals surface area contributed by atoms with Crippen LogP contribution in [0.1, 0.15) is 36.8 Å². The van der Waals surface area contributed by atoms with Crippen molar-refractivity contribution in [1.29, 1.82) is 0 Å². The standard InChI is InChI=1S/C23H37N5O2.HI/c1-18-7-4-5-8-19(18)17-28-12-10-20(11-13-28)26-23(25-16-22(29)27(2)3)24-15-21-9-6-14-30-21;/h4-5,7-8,20-21H,6,9-17H2,1-3H3,(H2,24,25,26);1H. The van der Waals surface area contributed by atoms with Crippen molar-refractivity contribution in [3.8, 4) is 0 Å². The Morgan fingerprint density at radius 2 is 1.97 bits per heavy atom. The normalized spacial score (nSPS) is 20.2. The summed E-state index contributed by atoms with van der Waals surface area (Å²) >= 11 is 0. The lowest BCUT2D eigenvalue weighted by molar-refractivity contribution is -0.127. The van der Waals surface area contributed by atoms with E-state index in [2.05, 4.69) is 51.7 Å². The average molecular weight is 543 g/mol. The van der Waals surface area contributed by atoms with Crippen LogP contribution in [-0.2, 0) is 16.1 Å². The lowest BCUT2D eigenvalue weighted by Gasteiger charge is -2.33. The number of guanidine groups is 1. The number of carbonyl (C=O) groups excluding carboxylic acids is 1. The molecule has 2 aliphatic rings. The number of ether oxygens (including phenoxy) is 1. The number of hydrogen-bond acceptors (Lipinski definition) is 4. The molecule has 2 fully saturated rings. The number of piperidine rings is 1. The summed E-state index contributed by atoms with van der Waals surface area (Å²) < 4.78 is 5.71. The molecule has 0 radical (unpaired) electrons. The second-order valence-corrected chi connectivity index (χ2v) is 8.59. The van der Waals surface area contributed by atoms with E-state index in [4.69, 9.17) is 4.74 Å². The maximum Gasteiger partial charge on any atom is 0.243 e. The molecule has 0 bridgehead atoms. The maximum absolute atomic E-state index is 12.0. The van der Waals surface area contributed by atoms with Gasteiger partial charge in [-0.2, -0.15) is 0 Å². The highest BCUT2D eigenvalue weighted by molar-refractivity contribution is 14.0. The minimum absolute atomic E-state index is 0. The van der Waals surface area contributed by atoms with Crippen molar-refractivity contribution in [2.24, 2.45) is 4.99 Å². The third-order valence-electron chi connectivity index (χ3n) is 5.98. The van der Waals surface area contributed by atoms with Gasteiger partial charge in [0.15, 0.2) is 5.96 Å². The number of nitrogens with zero attached hydrogens (tertiary/aromatic N) is 3. The first kappa shape index (κ1) is 25.9. The van der Waals surface area contributed by atoms with Gasteiger partial charge in [-0.05, 0) is 43.7 Å². The number of carbonyl (C=O) groups is 1. The lowest BCUT2D eigenvalue weighted by Crippen LogP contribution is -2.50. The molecule has 2 heterocycles. The molecule has 2 N–H and O–H groups in total. The molecular weight excluding hydrogens is 505 g/mol. The van der Waals surface area contributed by atoms with Gasteiger partial charge in [-0.15, -0.1) is 24.0 Å².